The summed E-state index contributed by atoms with van der Waals surface area (Å²) in [7, 11) is 0. The molecule has 3 atom stereocenters. The molecule has 31 heavy (non-hydrogen) atoms. The first-order chi connectivity index (χ1) is 15.1. The molecule has 1 aliphatic carbocycles. The number of aryl methyl sites for hydroxylation is 2. The van der Waals surface area contributed by atoms with Crippen molar-refractivity contribution in [2.24, 2.45) is 5.92 Å². The maximum Gasteiger partial charge on any atom is 0.107 e. The average molecular weight is 409 g/mol. The van der Waals surface area contributed by atoms with Crippen LogP contribution in [0.3, 0.4) is 0 Å². The van der Waals surface area contributed by atoms with E-state index in [-0.39, 0.29) is 11.8 Å². The van der Waals surface area contributed by atoms with Crippen molar-refractivity contribution < 1.29 is 9.84 Å². The van der Waals surface area contributed by atoms with E-state index in [1.807, 2.05) is 6.07 Å². The molecule has 2 nitrogen and oxygen atoms in total. The Bertz CT molecular complexity index is 1090. The van der Waals surface area contributed by atoms with Crippen molar-refractivity contribution in [2.75, 3.05) is 13.2 Å². The summed E-state index contributed by atoms with van der Waals surface area (Å²) in [5.41, 5.74) is 10.5. The zero-order valence-corrected chi connectivity index (χ0v) is 18.1. The Hall–Kier alpha value is -2.90. The summed E-state index contributed by atoms with van der Waals surface area (Å²) in [6, 6.07) is 27.4. The molecular formula is C29H28O2. The summed E-state index contributed by atoms with van der Waals surface area (Å²) in [6.07, 6.45) is 0.941. The average Bonchev–Trinajstić information content (AvgIpc) is 2.78. The Balaban J connectivity index is 1.68. The van der Waals surface area contributed by atoms with E-state index in [9.17, 15) is 5.11 Å². The zero-order chi connectivity index (χ0) is 21.4. The Morgan fingerprint density at radius 2 is 1.45 bits per heavy atom. The minimum Gasteiger partial charge on any atom is -0.384 e. The molecule has 1 aliphatic heterocycles. The topological polar surface area (TPSA) is 29.5 Å². The van der Waals surface area contributed by atoms with Gasteiger partial charge in [0.15, 0.2) is 0 Å². The normalized spacial score (nSPS) is 24.7. The van der Waals surface area contributed by atoms with Crippen LogP contribution in [0.1, 0.15) is 40.2 Å². The SMILES string of the molecule is Cc1ccc(C(=C=C2COC[C@@H]3C[C@H](c4ccccc4)[C@]23O)c2ccc(C)cc2)cc1. The fourth-order valence-corrected chi connectivity index (χ4v) is 4.95. The third-order valence-electron chi connectivity index (χ3n) is 6.88. The highest BCUT2D eigenvalue weighted by atomic mass is 16.5. The Morgan fingerprint density at radius 3 is 2.03 bits per heavy atom. The van der Waals surface area contributed by atoms with E-state index in [4.69, 9.17) is 4.74 Å². The predicted molar refractivity (Wildman–Crippen MR) is 125 cm³/mol. The number of fused-ring (bicyclic) bond motifs is 1. The van der Waals surface area contributed by atoms with Crippen LogP contribution in [-0.4, -0.2) is 23.9 Å². The maximum atomic E-state index is 11.9. The monoisotopic (exact) mass is 408 g/mol. The van der Waals surface area contributed by atoms with Gasteiger partial charge in [-0.05, 0) is 37.0 Å². The molecule has 5 rings (SSSR count). The summed E-state index contributed by atoms with van der Waals surface area (Å²) in [5, 5.41) is 11.9. The van der Waals surface area contributed by atoms with Crippen LogP contribution in [0.25, 0.3) is 5.57 Å². The summed E-state index contributed by atoms with van der Waals surface area (Å²) in [6.45, 7) is 5.21. The molecule has 3 aromatic carbocycles. The van der Waals surface area contributed by atoms with Gasteiger partial charge in [0.25, 0.3) is 0 Å². The molecule has 2 heteroatoms. The van der Waals surface area contributed by atoms with Gasteiger partial charge in [-0.3, -0.25) is 0 Å². The van der Waals surface area contributed by atoms with Gasteiger partial charge in [0.1, 0.15) is 5.60 Å². The van der Waals surface area contributed by atoms with Gasteiger partial charge in [-0.1, -0.05) is 90.0 Å². The lowest BCUT2D eigenvalue weighted by atomic mass is 9.55. The first-order valence-electron chi connectivity index (χ1n) is 11.0. The van der Waals surface area contributed by atoms with E-state index in [2.05, 4.69) is 92.4 Å². The second-order valence-corrected chi connectivity index (χ2v) is 8.95. The van der Waals surface area contributed by atoms with Gasteiger partial charge in [-0.25, -0.2) is 0 Å². The molecule has 1 saturated carbocycles. The van der Waals surface area contributed by atoms with Gasteiger partial charge in [-0.15, -0.1) is 5.73 Å². The first-order valence-corrected chi connectivity index (χ1v) is 11.0. The van der Waals surface area contributed by atoms with Crippen molar-refractivity contribution >= 4 is 5.57 Å². The third kappa shape index (κ3) is 3.58. The fraction of sp³-hybridized carbons (Fsp3) is 0.276. The molecular weight excluding hydrogens is 380 g/mol. The fourth-order valence-electron chi connectivity index (χ4n) is 4.95. The molecule has 0 radical (unpaired) electrons. The van der Waals surface area contributed by atoms with Crippen molar-refractivity contribution in [1.82, 2.24) is 0 Å². The number of benzene rings is 3. The largest absolute Gasteiger partial charge is 0.384 e. The Kier molecular flexibility index (Phi) is 5.16. The van der Waals surface area contributed by atoms with Gasteiger partial charge in [-0.2, -0.15) is 0 Å². The highest BCUT2D eigenvalue weighted by molar-refractivity contribution is 5.80. The maximum absolute atomic E-state index is 11.9. The van der Waals surface area contributed by atoms with Crippen LogP contribution in [0.15, 0.2) is 90.2 Å². The first kappa shape index (κ1) is 20.0. The molecule has 0 spiro atoms. The molecule has 0 amide bonds. The van der Waals surface area contributed by atoms with E-state index in [0.717, 1.165) is 28.7 Å². The van der Waals surface area contributed by atoms with Crippen LogP contribution in [0, 0.1) is 19.8 Å². The lowest BCUT2D eigenvalue weighted by Crippen LogP contribution is -2.60. The molecule has 0 unspecified atom stereocenters. The highest BCUT2D eigenvalue weighted by Crippen LogP contribution is 2.56. The van der Waals surface area contributed by atoms with E-state index >= 15 is 0 Å². The molecule has 2 aliphatic rings. The molecule has 1 N–H and O–H groups in total. The minimum atomic E-state index is -0.903. The standard InChI is InChI=1S/C29H28O2/c1-20-8-12-22(13-9-20)27(23-14-10-21(2)11-15-23)16-25-18-31-19-26-17-28(29(25,26)30)24-6-4-3-5-7-24/h3-15,26,28,30H,17-19H2,1-2H3/t26-,28+,29-/m0/s1. The van der Waals surface area contributed by atoms with Gasteiger partial charge >= 0.3 is 0 Å². The molecule has 156 valence electrons. The number of rotatable bonds is 3. The number of ether oxygens (including phenoxy) is 1. The van der Waals surface area contributed by atoms with Gasteiger partial charge in [0, 0.05) is 23.0 Å². The number of aliphatic hydroxyl groups is 1. The molecule has 1 saturated heterocycles. The second-order valence-electron chi connectivity index (χ2n) is 8.95. The van der Waals surface area contributed by atoms with Crippen LogP contribution in [0.4, 0.5) is 0 Å². The van der Waals surface area contributed by atoms with E-state index in [0.29, 0.717) is 13.2 Å². The van der Waals surface area contributed by atoms with Crippen LogP contribution >= 0.6 is 0 Å². The van der Waals surface area contributed by atoms with Crippen LogP contribution in [0.5, 0.6) is 0 Å². The van der Waals surface area contributed by atoms with Crippen molar-refractivity contribution in [1.29, 1.82) is 0 Å². The quantitative estimate of drug-likeness (QED) is 0.553. The minimum absolute atomic E-state index is 0.0855. The van der Waals surface area contributed by atoms with E-state index in [1.54, 1.807) is 0 Å². The molecule has 0 aromatic heterocycles. The number of hydrogen-bond donors (Lipinski definition) is 1. The van der Waals surface area contributed by atoms with E-state index < -0.39 is 5.60 Å². The Labute approximate surface area is 184 Å². The molecule has 1 heterocycles. The van der Waals surface area contributed by atoms with Crippen molar-refractivity contribution in [3.63, 3.8) is 0 Å². The lowest BCUT2D eigenvalue weighted by Gasteiger charge is -2.55. The van der Waals surface area contributed by atoms with Crippen molar-refractivity contribution in [3.8, 4) is 0 Å². The van der Waals surface area contributed by atoms with Crippen LogP contribution < -0.4 is 0 Å². The summed E-state index contributed by atoms with van der Waals surface area (Å²) >= 11 is 0. The van der Waals surface area contributed by atoms with Gasteiger partial charge < -0.3 is 9.84 Å². The van der Waals surface area contributed by atoms with Gasteiger partial charge in [0.05, 0.1) is 13.2 Å². The van der Waals surface area contributed by atoms with Crippen molar-refractivity contribution in [2.45, 2.75) is 31.8 Å². The van der Waals surface area contributed by atoms with E-state index in [1.165, 1.54) is 16.7 Å². The highest BCUT2D eigenvalue weighted by Gasteiger charge is 2.58. The zero-order valence-electron chi connectivity index (χ0n) is 18.1. The van der Waals surface area contributed by atoms with Crippen molar-refractivity contribution in [3.05, 3.63) is 118 Å². The third-order valence-corrected chi connectivity index (χ3v) is 6.88. The number of hydrogen-bond acceptors (Lipinski definition) is 2. The van der Waals surface area contributed by atoms with Crippen LogP contribution in [-0.2, 0) is 4.74 Å². The second kappa shape index (κ2) is 7.98. The summed E-state index contributed by atoms with van der Waals surface area (Å²) < 4.78 is 5.90. The van der Waals surface area contributed by atoms with Gasteiger partial charge in [0.2, 0.25) is 0 Å². The smallest absolute Gasteiger partial charge is 0.107 e. The lowest BCUT2D eigenvalue weighted by molar-refractivity contribution is -0.146. The predicted octanol–water partition coefficient (Wildman–Crippen LogP) is 5.83. The molecule has 0 bridgehead atoms. The summed E-state index contributed by atoms with van der Waals surface area (Å²) in [4.78, 5) is 0. The van der Waals surface area contributed by atoms with Crippen LogP contribution in [0.2, 0.25) is 0 Å². The summed E-state index contributed by atoms with van der Waals surface area (Å²) in [5.74, 6) is 0.202. The molecule has 3 aromatic rings. The molecule has 2 fully saturated rings. The Morgan fingerprint density at radius 1 is 0.871 bits per heavy atom.